The number of furan rings is 1. The van der Waals surface area contributed by atoms with Gasteiger partial charge in [-0.15, -0.1) is 0 Å². The van der Waals surface area contributed by atoms with Crippen molar-refractivity contribution in [2.24, 2.45) is 0 Å². The first kappa shape index (κ1) is 14.6. The minimum Gasteiger partial charge on any atom is -0.469 e. The molecule has 1 unspecified atom stereocenters. The molecule has 2 rings (SSSR count). The second-order valence-electron chi connectivity index (χ2n) is 4.23. The summed E-state index contributed by atoms with van der Waals surface area (Å²) in [5.74, 6) is 0.748. The zero-order valence-corrected chi connectivity index (χ0v) is 11.2. The highest BCUT2D eigenvalue weighted by atomic mass is 35.5. The third kappa shape index (κ3) is 3.86. The first-order valence-corrected chi connectivity index (χ1v) is 6.13. The number of rotatable bonds is 4. The van der Waals surface area contributed by atoms with Gasteiger partial charge >= 0.3 is 6.18 Å². The summed E-state index contributed by atoms with van der Waals surface area (Å²) >= 11 is 5.50. The third-order valence-corrected chi connectivity index (χ3v) is 2.64. The molecule has 8 heteroatoms. The van der Waals surface area contributed by atoms with Crippen LogP contribution in [0.25, 0.3) is 0 Å². The second-order valence-corrected chi connectivity index (χ2v) is 4.57. The number of hydrogen-bond donors (Lipinski definition) is 1. The summed E-state index contributed by atoms with van der Waals surface area (Å²) < 4.78 is 43.0. The average molecular weight is 306 g/mol. The standard InChI is InChI=1S/C12H11ClF3N3O/c1-7(5-8-3-2-4-20-8)17-10-6-9(12(14,15)16)18-11(13)19-10/h2-4,6-7H,5H2,1H3,(H,17,18,19). The molecule has 0 radical (unpaired) electrons. The van der Waals surface area contributed by atoms with Gasteiger partial charge in [-0.2, -0.15) is 13.2 Å². The normalized spacial score (nSPS) is 13.2. The van der Waals surface area contributed by atoms with E-state index in [4.69, 9.17) is 16.0 Å². The maximum atomic E-state index is 12.6. The monoisotopic (exact) mass is 305 g/mol. The zero-order chi connectivity index (χ0) is 14.8. The van der Waals surface area contributed by atoms with Crippen LogP contribution < -0.4 is 5.32 Å². The van der Waals surface area contributed by atoms with Gasteiger partial charge in [0.1, 0.15) is 11.6 Å². The van der Waals surface area contributed by atoms with E-state index >= 15 is 0 Å². The van der Waals surface area contributed by atoms with Crippen LogP contribution >= 0.6 is 11.6 Å². The van der Waals surface area contributed by atoms with Crippen molar-refractivity contribution in [3.8, 4) is 0 Å². The van der Waals surface area contributed by atoms with Gasteiger partial charge in [-0.05, 0) is 30.7 Å². The first-order chi connectivity index (χ1) is 9.34. The Labute approximate surface area is 118 Å². The van der Waals surface area contributed by atoms with E-state index in [9.17, 15) is 13.2 Å². The highest BCUT2D eigenvalue weighted by Gasteiger charge is 2.33. The van der Waals surface area contributed by atoms with Crippen LogP contribution in [0.2, 0.25) is 5.28 Å². The molecule has 0 amide bonds. The lowest BCUT2D eigenvalue weighted by Gasteiger charge is -2.14. The Bertz CT molecular complexity index is 572. The topological polar surface area (TPSA) is 51.0 Å². The summed E-state index contributed by atoms with van der Waals surface area (Å²) in [6, 6.07) is 4.18. The van der Waals surface area contributed by atoms with E-state index in [-0.39, 0.29) is 11.9 Å². The lowest BCUT2D eigenvalue weighted by atomic mass is 10.2. The SMILES string of the molecule is CC(Cc1ccco1)Nc1cc(C(F)(F)F)nc(Cl)n1. The van der Waals surface area contributed by atoms with E-state index in [1.807, 2.05) is 0 Å². The average Bonchev–Trinajstić information content (AvgIpc) is 2.79. The van der Waals surface area contributed by atoms with Crippen LogP contribution in [0.5, 0.6) is 0 Å². The Kier molecular flexibility index (Phi) is 4.17. The van der Waals surface area contributed by atoms with Crippen molar-refractivity contribution >= 4 is 17.4 Å². The van der Waals surface area contributed by atoms with Crippen LogP contribution in [0.1, 0.15) is 18.4 Å². The Hall–Kier alpha value is -1.76. The smallest absolute Gasteiger partial charge is 0.433 e. The van der Waals surface area contributed by atoms with Gasteiger partial charge < -0.3 is 9.73 Å². The van der Waals surface area contributed by atoms with E-state index in [1.165, 1.54) is 6.26 Å². The number of aromatic nitrogens is 2. The minimum absolute atomic E-state index is 0.0244. The molecule has 2 heterocycles. The second kappa shape index (κ2) is 5.70. The summed E-state index contributed by atoms with van der Waals surface area (Å²) in [5, 5.41) is 2.39. The van der Waals surface area contributed by atoms with Crippen molar-refractivity contribution in [2.75, 3.05) is 5.32 Å². The molecule has 0 aliphatic heterocycles. The Balaban J connectivity index is 2.11. The van der Waals surface area contributed by atoms with Crippen LogP contribution in [0, 0.1) is 0 Å². The summed E-state index contributed by atoms with van der Waals surface area (Å²) in [5.41, 5.74) is -1.08. The molecule has 0 fully saturated rings. The van der Waals surface area contributed by atoms with Gasteiger partial charge in [-0.1, -0.05) is 0 Å². The van der Waals surface area contributed by atoms with E-state index < -0.39 is 17.2 Å². The molecule has 0 saturated heterocycles. The molecule has 0 aliphatic carbocycles. The minimum atomic E-state index is -4.56. The summed E-state index contributed by atoms with van der Waals surface area (Å²) in [4.78, 5) is 6.89. The van der Waals surface area contributed by atoms with Crippen molar-refractivity contribution in [3.63, 3.8) is 0 Å². The van der Waals surface area contributed by atoms with Crippen LogP contribution in [0.4, 0.5) is 19.0 Å². The summed E-state index contributed by atoms with van der Waals surface area (Å²) in [7, 11) is 0. The van der Waals surface area contributed by atoms with Crippen molar-refractivity contribution in [1.82, 2.24) is 9.97 Å². The van der Waals surface area contributed by atoms with Gasteiger partial charge in [-0.25, -0.2) is 9.97 Å². The molecule has 0 bridgehead atoms. The maximum absolute atomic E-state index is 12.6. The van der Waals surface area contributed by atoms with Crippen LogP contribution in [-0.4, -0.2) is 16.0 Å². The molecule has 20 heavy (non-hydrogen) atoms. The summed E-state index contributed by atoms with van der Waals surface area (Å²) in [6.07, 6.45) is -2.52. The molecule has 1 N–H and O–H groups in total. The van der Waals surface area contributed by atoms with Crippen molar-refractivity contribution < 1.29 is 17.6 Å². The van der Waals surface area contributed by atoms with Crippen molar-refractivity contribution in [3.05, 3.63) is 41.2 Å². The fourth-order valence-electron chi connectivity index (χ4n) is 1.67. The predicted molar refractivity (Wildman–Crippen MR) is 67.5 cm³/mol. The Morgan fingerprint density at radius 3 is 2.75 bits per heavy atom. The molecule has 2 aromatic heterocycles. The quantitative estimate of drug-likeness (QED) is 0.873. The van der Waals surface area contributed by atoms with E-state index in [2.05, 4.69) is 15.3 Å². The predicted octanol–water partition coefficient (Wildman–Crippen LogP) is 3.78. The lowest BCUT2D eigenvalue weighted by molar-refractivity contribution is -0.141. The molecule has 108 valence electrons. The first-order valence-electron chi connectivity index (χ1n) is 5.75. The molecule has 0 saturated carbocycles. The highest BCUT2D eigenvalue weighted by molar-refractivity contribution is 6.28. The van der Waals surface area contributed by atoms with Gasteiger partial charge in [0, 0.05) is 18.5 Å². The molecule has 4 nitrogen and oxygen atoms in total. The highest BCUT2D eigenvalue weighted by Crippen LogP contribution is 2.29. The van der Waals surface area contributed by atoms with E-state index in [0.29, 0.717) is 6.42 Å². The van der Waals surface area contributed by atoms with E-state index in [1.54, 1.807) is 19.1 Å². The largest absolute Gasteiger partial charge is 0.469 e. The van der Waals surface area contributed by atoms with E-state index in [0.717, 1.165) is 11.8 Å². The Morgan fingerprint density at radius 2 is 2.15 bits per heavy atom. The molecule has 0 aromatic carbocycles. The number of nitrogens with zero attached hydrogens (tertiary/aromatic N) is 2. The van der Waals surface area contributed by atoms with Crippen LogP contribution in [0.3, 0.4) is 0 Å². The third-order valence-electron chi connectivity index (χ3n) is 2.47. The molecule has 0 spiro atoms. The molecule has 0 aliphatic rings. The number of nitrogens with one attached hydrogen (secondary N) is 1. The number of halogens is 4. The number of anilines is 1. The van der Waals surface area contributed by atoms with Gasteiger partial charge in [0.15, 0.2) is 5.69 Å². The molecular formula is C12H11ClF3N3O. The van der Waals surface area contributed by atoms with Gasteiger partial charge in [0.25, 0.3) is 0 Å². The van der Waals surface area contributed by atoms with Crippen molar-refractivity contribution in [1.29, 1.82) is 0 Å². The lowest BCUT2D eigenvalue weighted by Crippen LogP contribution is -2.20. The Morgan fingerprint density at radius 1 is 1.40 bits per heavy atom. The number of hydrogen-bond acceptors (Lipinski definition) is 4. The van der Waals surface area contributed by atoms with Gasteiger partial charge in [0.05, 0.1) is 6.26 Å². The summed E-state index contributed by atoms with van der Waals surface area (Å²) in [6.45, 7) is 1.80. The number of alkyl halides is 3. The van der Waals surface area contributed by atoms with Crippen LogP contribution in [-0.2, 0) is 12.6 Å². The molecular weight excluding hydrogens is 295 g/mol. The van der Waals surface area contributed by atoms with Crippen molar-refractivity contribution in [2.45, 2.75) is 25.6 Å². The maximum Gasteiger partial charge on any atom is 0.433 e. The molecule has 2 aromatic rings. The van der Waals surface area contributed by atoms with Gasteiger partial charge in [0.2, 0.25) is 5.28 Å². The van der Waals surface area contributed by atoms with Crippen LogP contribution in [0.15, 0.2) is 28.9 Å². The fraction of sp³-hybridized carbons (Fsp3) is 0.333. The molecule has 1 atom stereocenters. The zero-order valence-electron chi connectivity index (χ0n) is 10.4. The fourth-order valence-corrected chi connectivity index (χ4v) is 1.85. The van der Waals surface area contributed by atoms with Gasteiger partial charge in [-0.3, -0.25) is 0 Å².